The summed E-state index contributed by atoms with van der Waals surface area (Å²) in [4.78, 5) is 0. The zero-order valence-electron chi connectivity index (χ0n) is 4.65. The molecule has 0 radical (unpaired) electrons. The molecule has 44 valence electrons. The number of hydrogen-bond donors (Lipinski definition) is 2. The highest BCUT2D eigenvalue weighted by Crippen LogP contribution is 1.17. The second-order valence-corrected chi connectivity index (χ2v) is 0.577. The highest BCUT2D eigenvalue weighted by Gasteiger charge is 1.17. The molecule has 0 aromatic heterocycles. The first-order chi connectivity index (χ1) is 2.83. The second kappa shape index (κ2) is 43.8. The van der Waals surface area contributed by atoms with Crippen LogP contribution in [0.4, 0.5) is 0 Å². The summed E-state index contributed by atoms with van der Waals surface area (Å²) >= 11 is 0. The van der Waals surface area contributed by atoms with Crippen LogP contribution in [0.1, 0.15) is 13.8 Å². The highest BCUT2D eigenvalue weighted by atomic mass is 32.1. The Bertz CT molecular complexity index is 30.7. The Labute approximate surface area is 51.4 Å². The van der Waals surface area contributed by atoms with Crippen molar-refractivity contribution in [3.8, 4) is 0 Å². The zero-order valence-corrected chi connectivity index (χ0v) is 5.65. The van der Waals surface area contributed by atoms with Gasteiger partial charge in [0.1, 0.15) is 0 Å². The minimum absolute atomic E-state index is 0. The predicted molar refractivity (Wildman–Crippen MR) is 39.3 cm³/mol. The molecule has 0 saturated carbocycles. The Hall–Kier alpha value is -0.310. The first-order valence-electron chi connectivity index (χ1n) is 1.73. The molecule has 0 unspecified atom stereocenters. The van der Waals surface area contributed by atoms with Crippen LogP contribution in [0.25, 0.3) is 0 Å². The van der Waals surface area contributed by atoms with Gasteiger partial charge in [0.15, 0.2) is 0 Å². The van der Waals surface area contributed by atoms with E-state index in [2.05, 4.69) is 0 Å². The molecule has 0 atom stereocenters. The number of nitrogens with one attached hydrogen (secondary N) is 2. The summed E-state index contributed by atoms with van der Waals surface area (Å²) in [5.74, 6) is 0. The van der Waals surface area contributed by atoms with Gasteiger partial charge in [-0.15, -0.1) is 0 Å². The van der Waals surface area contributed by atoms with E-state index >= 15 is 0 Å². The first-order valence-corrected chi connectivity index (χ1v) is 1.73. The molecule has 2 N–H and O–H groups in total. The van der Waals surface area contributed by atoms with Gasteiger partial charge in [0, 0.05) is 0 Å². The molecule has 0 bridgehead atoms. The summed E-state index contributed by atoms with van der Waals surface area (Å²) in [6, 6.07) is 0. The second-order valence-electron chi connectivity index (χ2n) is 0.577. The van der Waals surface area contributed by atoms with Gasteiger partial charge in [-0.3, -0.25) is 0 Å². The van der Waals surface area contributed by atoms with Gasteiger partial charge in [0.05, 0.1) is 0 Å². The monoisotopic (exact) mass is 120 g/mol. The van der Waals surface area contributed by atoms with Gasteiger partial charge in [0.25, 0.3) is 0 Å². The molecule has 0 amide bonds. The molecule has 7 heavy (non-hydrogen) atoms. The van der Waals surface area contributed by atoms with Crippen molar-refractivity contribution in [2.75, 3.05) is 0 Å². The maximum absolute atomic E-state index is 6.08. The third kappa shape index (κ3) is 806. The van der Waals surface area contributed by atoms with Gasteiger partial charge >= 0.3 is 0 Å². The summed E-state index contributed by atoms with van der Waals surface area (Å²) in [6.07, 6.45) is 2.50. The van der Waals surface area contributed by atoms with Crippen LogP contribution < -0.4 is 0 Å². The summed E-state index contributed by atoms with van der Waals surface area (Å²) in [5, 5.41) is 12.2. The lowest BCUT2D eigenvalue weighted by atomic mass is 10.9. The smallest absolute Gasteiger partial charge is 0.00788 e. The average molecular weight is 120 g/mol. The number of hydrogen-bond acceptors (Lipinski definition) is 2. The molecule has 0 heterocycles. The standard InChI is InChI=1S/2C2H5N.H2S/c2*1-2-3;/h2*2-3H,1H3;1H2. The fourth-order valence-corrected chi connectivity index (χ4v) is 0. The van der Waals surface area contributed by atoms with Crippen LogP contribution in [0.5, 0.6) is 0 Å². The quantitative estimate of drug-likeness (QED) is 0.454. The van der Waals surface area contributed by atoms with Gasteiger partial charge in [-0.1, -0.05) is 0 Å². The van der Waals surface area contributed by atoms with Gasteiger partial charge in [-0.2, -0.15) is 13.5 Å². The van der Waals surface area contributed by atoms with Gasteiger partial charge in [-0.05, 0) is 26.3 Å². The fraction of sp³-hybridized carbons (Fsp3) is 0.500. The summed E-state index contributed by atoms with van der Waals surface area (Å²) in [5.41, 5.74) is 0. The van der Waals surface area contributed by atoms with Crippen LogP contribution in [0, 0.1) is 10.8 Å². The molecular formula is C4H12N2S. The third-order valence-corrected chi connectivity index (χ3v) is 0. The van der Waals surface area contributed by atoms with Crippen molar-refractivity contribution in [2.24, 2.45) is 0 Å². The van der Waals surface area contributed by atoms with Crippen molar-refractivity contribution in [3.05, 3.63) is 0 Å². The largest absolute Gasteiger partial charge is 0.313 e. The minimum atomic E-state index is 0. The van der Waals surface area contributed by atoms with Crippen molar-refractivity contribution in [3.63, 3.8) is 0 Å². The maximum atomic E-state index is 6.08. The lowest BCUT2D eigenvalue weighted by Gasteiger charge is -1.30. The van der Waals surface area contributed by atoms with E-state index in [4.69, 9.17) is 10.8 Å². The topological polar surface area (TPSA) is 47.7 Å². The van der Waals surface area contributed by atoms with E-state index in [9.17, 15) is 0 Å². The van der Waals surface area contributed by atoms with E-state index in [0.717, 1.165) is 0 Å². The molecule has 0 aliphatic heterocycles. The van der Waals surface area contributed by atoms with Crippen molar-refractivity contribution in [1.82, 2.24) is 0 Å². The Kier molecular flexibility index (Phi) is 99.6. The maximum Gasteiger partial charge on any atom is -0.00788 e. The molecule has 2 nitrogen and oxygen atoms in total. The molecule has 0 aliphatic rings. The average Bonchev–Trinajstić information content (AvgIpc) is 1.39. The lowest BCUT2D eigenvalue weighted by molar-refractivity contribution is 1.55. The first kappa shape index (κ1) is 15.9. The highest BCUT2D eigenvalue weighted by molar-refractivity contribution is 7.59. The predicted octanol–water partition coefficient (Wildman–Crippen LogP) is 1.42. The van der Waals surface area contributed by atoms with E-state index in [0.29, 0.717) is 0 Å². The van der Waals surface area contributed by atoms with Crippen LogP contribution in [0.15, 0.2) is 0 Å². The van der Waals surface area contributed by atoms with Crippen molar-refractivity contribution in [2.45, 2.75) is 13.8 Å². The summed E-state index contributed by atoms with van der Waals surface area (Å²) < 4.78 is 0. The van der Waals surface area contributed by atoms with Gasteiger partial charge in [0.2, 0.25) is 0 Å². The Morgan fingerprint density at radius 2 is 1.00 bits per heavy atom. The molecule has 0 aromatic carbocycles. The van der Waals surface area contributed by atoms with Crippen LogP contribution >= 0.6 is 13.5 Å². The fourth-order valence-electron chi connectivity index (χ4n) is 0. The van der Waals surface area contributed by atoms with Crippen molar-refractivity contribution >= 4 is 25.9 Å². The Morgan fingerprint density at radius 1 is 1.00 bits per heavy atom. The Morgan fingerprint density at radius 3 is 1.00 bits per heavy atom. The molecule has 0 fully saturated rings. The molecule has 0 aromatic rings. The van der Waals surface area contributed by atoms with Gasteiger partial charge in [-0.25, -0.2) is 0 Å². The van der Waals surface area contributed by atoms with E-state index in [1.54, 1.807) is 13.8 Å². The van der Waals surface area contributed by atoms with Crippen LogP contribution in [-0.4, -0.2) is 12.4 Å². The number of rotatable bonds is 0. The van der Waals surface area contributed by atoms with Crippen LogP contribution in [0.2, 0.25) is 0 Å². The third-order valence-electron chi connectivity index (χ3n) is 0. The molecule has 0 saturated heterocycles. The normalized spacial score (nSPS) is 3.71. The molecule has 0 rings (SSSR count). The zero-order chi connectivity index (χ0) is 5.41. The molecular weight excluding hydrogens is 108 g/mol. The molecule has 0 spiro atoms. The van der Waals surface area contributed by atoms with Gasteiger partial charge < -0.3 is 10.8 Å². The van der Waals surface area contributed by atoms with E-state index in [1.165, 1.54) is 12.4 Å². The Balaban J connectivity index is -0.0000000400. The SMILES string of the molecule is CC=N.CC=N.S. The van der Waals surface area contributed by atoms with Crippen LogP contribution in [-0.2, 0) is 0 Å². The van der Waals surface area contributed by atoms with Crippen LogP contribution in [0.3, 0.4) is 0 Å². The van der Waals surface area contributed by atoms with E-state index in [1.807, 2.05) is 0 Å². The summed E-state index contributed by atoms with van der Waals surface area (Å²) in [7, 11) is 0. The minimum Gasteiger partial charge on any atom is -0.313 e. The van der Waals surface area contributed by atoms with E-state index in [-0.39, 0.29) is 13.5 Å². The van der Waals surface area contributed by atoms with Crippen molar-refractivity contribution in [1.29, 1.82) is 10.8 Å². The molecule has 0 aliphatic carbocycles. The van der Waals surface area contributed by atoms with Crippen molar-refractivity contribution < 1.29 is 0 Å². The van der Waals surface area contributed by atoms with E-state index < -0.39 is 0 Å². The lowest BCUT2D eigenvalue weighted by Crippen LogP contribution is -1.32. The summed E-state index contributed by atoms with van der Waals surface area (Å²) in [6.45, 7) is 3.33. The molecule has 3 heteroatoms.